The SMILES string of the molecule is COCCNC(=O)c1ccc(F)c(COc2cc(N)nc3c2NNN3)c1. The minimum absolute atomic E-state index is 0.0808. The molecule has 0 spiro atoms. The summed E-state index contributed by atoms with van der Waals surface area (Å²) < 4.78 is 24.6. The molecule has 9 nitrogen and oxygen atoms in total. The van der Waals surface area contributed by atoms with Gasteiger partial charge in [-0.1, -0.05) is 0 Å². The van der Waals surface area contributed by atoms with Gasteiger partial charge in [-0.3, -0.25) is 15.6 Å². The first-order chi connectivity index (χ1) is 12.6. The molecule has 1 aromatic heterocycles. The van der Waals surface area contributed by atoms with E-state index in [0.29, 0.717) is 36.0 Å². The van der Waals surface area contributed by atoms with Crippen molar-refractivity contribution in [2.75, 3.05) is 36.8 Å². The minimum atomic E-state index is -0.471. The summed E-state index contributed by atoms with van der Waals surface area (Å²) in [6.45, 7) is 0.682. The predicted octanol–water partition coefficient (Wildman–Crippen LogP) is 1.02. The lowest BCUT2D eigenvalue weighted by molar-refractivity contribution is 0.0937. The van der Waals surface area contributed by atoms with Gasteiger partial charge in [-0.15, -0.1) is 5.53 Å². The molecule has 2 aromatic rings. The Labute approximate surface area is 149 Å². The molecule has 6 N–H and O–H groups in total. The molecule has 10 heteroatoms. The van der Waals surface area contributed by atoms with Crippen LogP contribution in [0.15, 0.2) is 24.3 Å². The van der Waals surface area contributed by atoms with Crippen LogP contribution in [-0.4, -0.2) is 31.2 Å². The van der Waals surface area contributed by atoms with Crippen molar-refractivity contribution < 1.29 is 18.7 Å². The number of methoxy groups -OCH3 is 1. The van der Waals surface area contributed by atoms with E-state index < -0.39 is 5.82 Å². The van der Waals surface area contributed by atoms with Crippen LogP contribution in [0.1, 0.15) is 15.9 Å². The van der Waals surface area contributed by atoms with Crippen molar-refractivity contribution in [3.8, 4) is 5.75 Å². The Morgan fingerprint density at radius 3 is 3.00 bits per heavy atom. The molecule has 1 aliphatic heterocycles. The number of hydrazine groups is 2. The van der Waals surface area contributed by atoms with E-state index in [4.69, 9.17) is 15.2 Å². The number of carbonyl (C=O) groups excluding carboxylic acids is 1. The highest BCUT2D eigenvalue weighted by Gasteiger charge is 2.18. The minimum Gasteiger partial charge on any atom is -0.486 e. The lowest BCUT2D eigenvalue weighted by atomic mass is 10.1. The number of nitrogens with two attached hydrogens (primary N) is 1. The van der Waals surface area contributed by atoms with E-state index in [-0.39, 0.29) is 23.9 Å². The first kappa shape index (κ1) is 17.7. The van der Waals surface area contributed by atoms with Gasteiger partial charge in [-0.25, -0.2) is 9.37 Å². The van der Waals surface area contributed by atoms with Crippen LogP contribution in [0.2, 0.25) is 0 Å². The Morgan fingerprint density at radius 2 is 2.19 bits per heavy atom. The van der Waals surface area contributed by atoms with Crippen molar-refractivity contribution in [2.24, 2.45) is 0 Å². The highest BCUT2D eigenvalue weighted by atomic mass is 19.1. The predicted molar refractivity (Wildman–Crippen MR) is 94.0 cm³/mol. The van der Waals surface area contributed by atoms with Crippen LogP contribution in [0.25, 0.3) is 0 Å². The molecule has 1 aromatic carbocycles. The summed E-state index contributed by atoms with van der Waals surface area (Å²) in [5.74, 6) is 0.350. The number of benzene rings is 1. The van der Waals surface area contributed by atoms with Crippen LogP contribution >= 0.6 is 0 Å². The largest absolute Gasteiger partial charge is 0.486 e. The van der Waals surface area contributed by atoms with Crippen LogP contribution in [-0.2, 0) is 11.3 Å². The van der Waals surface area contributed by atoms with Gasteiger partial charge in [0.15, 0.2) is 11.6 Å². The zero-order chi connectivity index (χ0) is 18.5. The average Bonchev–Trinajstić information content (AvgIpc) is 3.09. The van der Waals surface area contributed by atoms with Gasteiger partial charge < -0.3 is 20.5 Å². The van der Waals surface area contributed by atoms with E-state index >= 15 is 0 Å². The third-order valence-corrected chi connectivity index (χ3v) is 3.65. The van der Waals surface area contributed by atoms with Crippen molar-refractivity contribution >= 4 is 23.2 Å². The Balaban J connectivity index is 1.72. The van der Waals surface area contributed by atoms with Gasteiger partial charge >= 0.3 is 0 Å². The molecule has 0 fully saturated rings. The number of hydrogen-bond donors (Lipinski definition) is 5. The number of nitrogen functional groups attached to an aromatic ring is 1. The number of rotatable bonds is 7. The number of anilines is 3. The number of aromatic nitrogens is 1. The topological polar surface area (TPSA) is 123 Å². The van der Waals surface area contributed by atoms with E-state index in [2.05, 4.69) is 26.7 Å². The van der Waals surface area contributed by atoms with Crippen LogP contribution in [0.4, 0.5) is 21.7 Å². The van der Waals surface area contributed by atoms with Gasteiger partial charge in [0.2, 0.25) is 0 Å². The summed E-state index contributed by atoms with van der Waals surface area (Å²) in [5.41, 5.74) is 15.1. The number of fused-ring (bicyclic) bond motifs is 1. The molecule has 0 bridgehead atoms. The maximum Gasteiger partial charge on any atom is 0.251 e. The van der Waals surface area contributed by atoms with Crippen molar-refractivity contribution in [1.29, 1.82) is 0 Å². The molecule has 0 atom stereocenters. The second kappa shape index (κ2) is 7.85. The zero-order valence-electron chi connectivity index (χ0n) is 14.1. The fraction of sp³-hybridized carbons (Fsp3) is 0.250. The number of halogens is 1. The second-order valence-electron chi connectivity index (χ2n) is 5.49. The third kappa shape index (κ3) is 3.92. The van der Waals surface area contributed by atoms with Gasteiger partial charge in [-0.05, 0) is 18.2 Å². The summed E-state index contributed by atoms with van der Waals surface area (Å²) in [4.78, 5) is 16.2. The number of amides is 1. The monoisotopic (exact) mass is 362 g/mol. The highest BCUT2D eigenvalue weighted by molar-refractivity contribution is 5.94. The Bertz CT molecular complexity index is 817. The molecular weight excluding hydrogens is 343 g/mol. The van der Waals surface area contributed by atoms with Gasteiger partial charge in [0.25, 0.3) is 5.91 Å². The Kier molecular flexibility index (Phi) is 5.34. The summed E-state index contributed by atoms with van der Waals surface area (Å²) in [7, 11) is 1.54. The fourth-order valence-electron chi connectivity index (χ4n) is 2.37. The molecule has 0 saturated carbocycles. The smallest absolute Gasteiger partial charge is 0.251 e. The third-order valence-electron chi connectivity index (χ3n) is 3.65. The molecule has 1 amide bonds. The van der Waals surface area contributed by atoms with Crippen molar-refractivity contribution in [3.63, 3.8) is 0 Å². The average molecular weight is 362 g/mol. The summed E-state index contributed by atoms with van der Waals surface area (Å²) >= 11 is 0. The second-order valence-corrected chi connectivity index (χ2v) is 5.49. The van der Waals surface area contributed by atoms with E-state index in [1.807, 2.05) is 0 Å². The van der Waals surface area contributed by atoms with Crippen LogP contribution in [0, 0.1) is 5.82 Å². The number of pyridine rings is 1. The molecule has 2 heterocycles. The maximum atomic E-state index is 14.1. The van der Waals surface area contributed by atoms with E-state index in [0.717, 1.165) is 0 Å². The Hall–Kier alpha value is -3.11. The molecule has 26 heavy (non-hydrogen) atoms. The first-order valence-corrected chi connectivity index (χ1v) is 7.84. The molecule has 0 saturated heterocycles. The zero-order valence-corrected chi connectivity index (χ0v) is 14.1. The summed E-state index contributed by atoms with van der Waals surface area (Å²) in [5, 5.41) is 2.68. The summed E-state index contributed by atoms with van der Waals surface area (Å²) in [6.07, 6.45) is 0. The molecule has 1 aliphatic rings. The quantitative estimate of drug-likeness (QED) is 0.463. The molecule has 0 unspecified atom stereocenters. The van der Waals surface area contributed by atoms with Gasteiger partial charge in [-0.2, -0.15) is 0 Å². The Morgan fingerprint density at radius 1 is 1.35 bits per heavy atom. The number of nitrogens with one attached hydrogen (secondary N) is 4. The van der Waals surface area contributed by atoms with Crippen molar-refractivity contribution in [1.82, 2.24) is 15.8 Å². The van der Waals surface area contributed by atoms with Crippen molar-refractivity contribution in [3.05, 3.63) is 41.2 Å². The van der Waals surface area contributed by atoms with Gasteiger partial charge in [0.1, 0.15) is 23.9 Å². The number of hydrogen-bond acceptors (Lipinski definition) is 8. The van der Waals surface area contributed by atoms with E-state index in [1.54, 1.807) is 7.11 Å². The highest BCUT2D eigenvalue weighted by Crippen LogP contribution is 2.35. The van der Waals surface area contributed by atoms with E-state index in [9.17, 15) is 9.18 Å². The lowest BCUT2D eigenvalue weighted by Crippen LogP contribution is -2.27. The molecule has 3 rings (SSSR count). The van der Waals surface area contributed by atoms with Crippen molar-refractivity contribution in [2.45, 2.75) is 6.61 Å². The lowest BCUT2D eigenvalue weighted by Gasteiger charge is -2.12. The van der Waals surface area contributed by atoms with Gasteiger partial charge in [0.05, 0.1) is 6.61 Å². The fourth-order valence-corrected chi connectivity index (χ4v) is 2.37. The number of ether oxygens (including phenoxy) is 2. The van der Waals surface area contributed by atoms with Gasteiger partial charge in [0, 0.05) is 30.8 Å². The molecular formula is C16H19FN6O3. The summed E-state index contributed by atoms with van der Waals surface area (Å²) in [6, 6.07) is 5.63. The van der Waals surface area contributed by atoms with Crippen LogP contribution in [0.5, 0.6) is 5.75 Å². The first-order valence-electron chi connectivity index (χ1n) is 7.84. The maximum absolute atomic E-state index is 14.1. The molecule has 0 aliphatic carbocycles. The normalized spacial score (nSPS) is 12.1. The number of carbonyl (C=O) groups is 1. The number of nitrogens with zero attached hydrogens (tertiary/aromatic N) is 1. The van der Waals surface area contributed by atoms with Crippen LogP contribution in [0.3, 0.4) is 0 Å². The molecule has 138 valence electrons. The van der Waals surface area contributed by atoms with Crippen LogP contribution < -0.4 is 32.2 Å². The standard InChI is InChI=1S/C16H19FN6O3/c1-25-5-4-19-16(24)9-2-3-11(17)10(6-9)8-26-12-7-13(18)20-15-14(12)21-23-22-15/h2-3,6-7,21,23H,4-5,8H2,1H3,(H,19,24)(H3,18,20,22). The molecule has 0 radical (unpaired) electrons. The van der Waals surface area contributed by atoms with E-state index in [1.165, 1.54) is 24.3 Å².